The average Bonchev–Trinajstić information content (AvgIpc) is 1.59. The Balaban J connectivity index is 3.39. The summed E-state index contributed by atoms with van der Waals surface area (Å²) >= 11 is 1.60. The van der Waals surface area contributed by atoms with Gasteiger partial charge in [-0.05, 0) is 39.6 Å². The lowest BCUT2D eigenvalue weighted by Crippen LogP contribution is -2.04. The van der Waals surface area contributed by atoms with Crippen molar-refractivity contribution in [1.29, 1.82) is 0 Å². The molecule has 0 amide bonds. The molecule has 0 spiro atoms. The first kappa shape index (κ1) is 8.02. The van der Waals surface area contributed by atoms with Gasteiger partial charge in [0.25, 0.3) is 0 Å². The van der Waals surface area contributed by atoms with Crippen molar-refractivity contribution >= 4 is 18.2 Å². The van der Waals surface area contributed by atoms with Gasteiger partial charge >= 0.3 is 0 Å². The molecule has 8 heavy (non-hydrogen) atoms. The van der Waals surface area contributed by atoms with Crippen LogP contribution in [0.15, 0.2) is 4.40 Å². The molecule has 0 aromatic carbocycles. The SMILES string of the molecule is C/C=N\SC(C)(C)C. The molecule has 0 aliphatic carbocycles. The third kappa shape index (κ3) is 6.02. The Hall–Kier alpha value is 0.0200. The summed E-state index contributed by atoms with van der Waals surface area (Å²) in [5.41, 5.74) is 0. The van der Waals surface area contributed by atoms with Crippen LogP contribution in [0.5, 0.6) is 0 Å². The fraction of sp³-hybridized carbons (Fsp3) is 0.833. The first-order valence-corrected chi connectivity index (χ1v) is 3.50. The van der Waals surface area contributed by atoms with Crippen LogP contribution in [0.3, 0.4) is 0 Å². The number of hydrogen-bond acceptors (Lipinski definition) is 2. The van der Waals surface area contributed by atoms with Crippen molar-refractivity contribution in [2.24, 2.45) is 4.40 Å². The monoisotopic (exact) mass is 131 g/mol. The van der Waals surface area contributed by atoms with Crippen LogP contribution < -0.4 is 0 Å². The summed E-state index contributed by atoms with van der Waals surface area (Å²) in [4.78, 5) is 0. The smallest absolute Gasteiger partial charge is 0.0294 e. The lowest BCUT2D eigenvalue weighted by Gasteiger charge is -2.11. The average molecular weight is 131 g/mol. The first-order valence-electron chi connectivity index (χ1n) is 2.72. The van der Waals surface area contributed by atoms with E-state index in [1.807, 2.05) is 13.1 Å². The third-order valence-corrected chi connectivity index (χ3v) is 1.30. The maximum atomic E-state index is 4.03. The fourth-order valence-corrected chi connectivity index (χ4v) is 0.632. The van der Waals surface area contributed by atoms with Gasteiger partial charge in [0.15, 0.2) is 0 Å². The van der Waals surface area contributed by atoms with Gasteiger partial charge in [-0.2, -0.15) is 0 Å². The van der Waals surface area contributed by atoms with E-state index in [1.165, 1.54) is 0 Å². The second-order valence-corrected chi connectivity index (χ2v) is 4.19. The number of nitrogens with zero attached hydrogens (tertiary/aromatic N) is 1. The topological polar surface area (TPSA) is 12.4 Å². The van der Waals surface area contributed by atoms with E-state index in [1.54, 1.807) is 11.9 Å². The Morgan fingerprint density at radius 2 is 1.88 bits per heavy atom. The summed E-state index contributed by atoms with van der Waals surface area (Å²) in [6.45, 7) is 8.36. The van der Waals surface area contributed by atoms with E-state index in [0.717, 1.165) is 0 Å². The zero-order valence-corrected chi connectivity index (χ0v) is 6.75. The molecule has 48 valence electrons. The van der Waals surface area contributed by atoms with Gasteiger partial charge in [0, 0.05) is 11.0 Å². The Morgan fingerprint density at radius 3 is 2.00 bits per heavy atom. The Kier molecular flexibility index (Phi) is 3.13. The summed E-state index contributed by atoms with van der Waals surface area (Å²) in [6, 6.07) is 0. The Labute approximate surface area is 55.7 Å². The second-order valence-electron chi connectivity index (χ2n) is 2.57. The summed E-state index contributed by atoms with van der Waals surface area (Å²) in [6.07, 6.45) is 1.82. The molecule has 1 nitrogen and oxygen atoms in total. The standard InChI is InChI=1S/C6H13NS/c1-5-7-8-6(2,3)4/h5H,1-4H3/b7-5-. The molecule has 0 heterocycles. The molecule has 0 N–H and O–H groups in total. The van der Waals surface area contributed by atoms with E-state index in [4.69, 9.17) is 0 Å². The van der Waals surface area contributed by atoms with Crippen LogP contribution in [0.25, 0.3) is 0 Å². The summed E-state index contributed by atoms with van der Waals surface area (Å²) in [5, 5.41) is 0. The highest BCUT2D eigenvalue weighted by atomic mass is 32.2. The van der Waals surface area contributed by atoms with E-state index in [9.17, 15) is 0 Å². The van der Waals surface area contributed by atoms with Gasteiger partial charge in [-0.15, -0.1) is 0 Å². The van der Waals surface area contributed by atoms with Crippen molar-refractivity contribution in [3.8, 4) is 0 Å². The largest absolute Gasteiger partial charge is 0.229 e. The van der Waals surface area contributed by atoms with Gasteiger partial charge in [-0.1, -0.05) is 0 Å². The molecular formula is C6H13NS. The van der Waals surface area contributed by atoms with Crippen molar-refractivity contribution in [1.82, 2.24) is 0 Å². The minimum absolute atomic E-state index is 0.270. The summed E-state index contributed by atoms with van der Waals surface area (Å²) in [5.74, 6) is 0. The Bertz CT molecular complexity index is 81.0. The molecule has 0 atom stereocenters. The highest BCUT2D eigenvalue weighted by Gasteiger charge is 2.08. The van der Waals surface area contributed by atoms with E-state index in [-0.39, 0.29) is 4.75 Å². The molecule has 0 bridgehead atoms. The quantitative estimate of drug-likeness (QED) is 0.393. The van der Waals surface area contributed by atoms with Crippen LogP contribution in [0.1, 0.15) is 27.7 Å². The van der Waals surface area contributed by atoms with E-state index in [0.29, 0.717) is 0 Å². The predicted molar refractivity (Wildman–Crippen MR) is 41.5 cm³/mol. The Morgan fingerprint density at radius 1 is 1.38 bits per heavy atom. The molecule has 0 fully saturated rings. The third-order valence-electron chi connectivity index (χ3n) is 0.432. The van der Waals surface area contributed by atoms with Gasteiger partial charge in [-0.25, -0.2) is 4.40 Å². The van der Waals surface area contributed by atoms with Gasteiger partial charge in [0.1, 0.15) is 0 Å². The molecule has 0 rings (SSSR count). The lowest BCUT2D eigenvalue weighted by atomic mass is 10.3. The molecule has 2 heteroatoms. The van der Waals surface area contributed by atoms with Crippen molar-refractivity contribution in [3.05, 3.63) is 0 Å². The van der Waals surface area contributed by atoms with Crippen LogP contribution in [-0.4, -0.2) is 11.0 Å². The predicted octanol–water partition coefficient (Wildman–Crippen LogP) is 2.52. The number of hydrogen-bond donors (Lipinski definition) is 0. The second kappa shape index (κ2) is 3.13. The summed E-state index contributed by atoms with van der Waals surface area (Å²) in [7, 11) is 0. The minimum Gasteiger partial charge on any atom is -0.229 e. The van der Waals surface area contributed by atoms with Crippen LogP contribution in [0.4, 0.5) is 0 Å². The van der Waals surface area contributed by atoms with Crippen LogP contribution >= 0.6 is 11.9 Å². The normalized spacial score (nSPS) is 13.0. The van der Waals surface area contributed by atoms with Crippen molar-refractivity contribution in [2.75, 3.05) is 0 Å². The highest BCUT2D eigenvalue weighted by Crippen LogP contribution is 2.23. The van der Waals surface area contributed by atoms with Crippen LogP contribution in [0.2, 0.25) is 0 Å². The van der Waals surface area contributed by atoms with E-state index >= 15 is 0 Å². The van der Waals surface area contributed by atoms with E-state index < -0.39 is 0 Å². The molecule has 0 radical (unpaired) electrons. The van der Waals surface area contributed by atoms with Crippen molar-refractivity contribution in [3.63, 3.8) is 0 Å². The molecular weight excluding hydrogens is 118 g/mol. The number of rotatable bonds is 1. The minimum atomic E-state index is 0.270. The van der Waals surface area contributed by atoms with Gasteiger partial charge in [-0.3, -0.25) is 0 Å². The van der Waals surface area contributed by atoms with E-state index in [2.05, 4.69) is 25.2 Å². The van der Waals surface area contributed by atoms with Gasteiger partial charge < -0.3 is 0 Å². The first-order chi connectivity index (χ1) is 3.56. The summed E-state index contributed by atoms with van der Waals surface area (Å²) < 4.78 is 4.31. The van der Waals surface area contributed by atoms with Crippen molar-refractivity contribution in [2.45, 2.75) is 32.4 Å². The molecule has 0 saturated heterocycles. The van der Waals surface area contributed by atoms with Crippen LogP contribution in [-0.2, 0) is 0 Å². The zero-order chi connectivity index (χ0) is 6.62. The fourth-order valence-electron chi connectivity index (χ4n) is 0.211. The molecule has 0 aromatic rings. The lowest BCUT2D eigenvalue weighted by molar-refractivity contribution is 0.804. The van der Waals surface area contributed by atoms with Gasteiger partial charge in [0.05, 0.1) is 0 Å². The zero-order valence-electron chi connectivity index (χ0n) is 5.93. The maximum absolute atomic E-state index is 4.03. The van der Waals surface area contributed by atoms with Crippen molar-refractivity contribution < 1.29 is 0 Å². The highest BCUT2D eigenvalue weighted by molar-refractivity contribution is 7.99. The molecule has 0 unspecified atom stereocenters. The maximum Gasteiger partial charge on any atom is 0.0294 e. The molecule has 0 saturated carbocycles. The molecule has 0 aliphatic heterocycles. The van der Waals surface area contributed by atoms with Gasteiger partial charge in [0.2, 0.25) is 0 Å². The molecule has 0 aliphatic rings. The van der Waals surface area contributed by atoms with Crippen LogP contribution in [0, 0.1) is 0 Å². The molecule has 0 aromatic heterocycles.